The Labute approximate surface area is 181 Å². The SMILES string of the molecule is COCCOc1ncc(NC(=O)C2(c3ccc(Cl)cc3Cl)CCCCC2)cc1C. The molecule has 0 bridgehead atoms. The van der Waals surface area contributed by atoms with Crippen molar-refractivity contribution in [3.05, 3.63) is 51.6 Å². The molecule has 1 aliphatic rings. The zero-order valence-electron chi connectivity index (χ0n) is 16.8. The summed E-state index contributed by atoms with van der Waals surface area (Å²) in [6.45, 7) is 2.81. The second-order valence-corrected chi connectivity index (χ2v) is 8.25. The van der Waals surface area contributed by atoms with Crippen molar-refractivity contribution in [2.75, 3.05) is 25.6 Å². The van der Waals surface area contributed by atoms with Crippen molar-refractivity contribution in [2.45, 2.75) is 44.4 Å². The van der Waals surface area contributed by atoms with Crippen molar-refractivity contribution < 1.29 is 14.3 Å². The first-order valence-electron chi connectivity index (χ1n) is 9.81. The number of benzene rings is 1. The molecule has 1 aromatic heterocycles. The second-order valence-electron chi connectivity index (χ2n) is 7.41. The average Bonchev–Trinajstić information content (AvgIpc) is 2.70. The zero-order valence-corrected chi connectivity index (χ0v) is 18.3. The van der Waals surface area contributed by atoms with E-state index in [1.54, 1.807) is 25.4 Å². The number of amides is 1. The molecule has 0 unspecified atom stereocenters. The summed E-state index contributed by atoms with van der Waals surface area (Å²) in [6, 6.07) is 7.25. The Morgan fingerprint density at radius 1 is 1.17 bits per heavy atom. The molecule has 2 aromatic rings. The van der Waals surface area contributed by atoms with Crippen molar-refractivity contribution in [1.29, 1.82) is 0 Å². The normalized spacial score (nSPS) is 15.7. The van der Waals surface area contributed by atoms with Crippen molar-refractivity contribution >= 4 is 34.8 Å². The molecular formula is C22H26Cl2N2O3. The van der Waals surface area contributed by atoms with E-state index in [9.17, 15) is 4.79 Å². The third-order valence-electron chi connectivity index (χ3n) is 5.40. The van der Waals surface area contributed by atoms with E-state index in [1.165, 1.54) is 0 Å². The number of carbonyl (C=O) groups excluding carboxylic acids is 1. The van der Waals surface area contributed by atoms with Gasteiger partial charge in [-0.3, -0.25) is 4.79 Å². The van der Waals surface area contributed by atoms with E-state index in [2.05, 4.69) is 10.3 Å². The van der Waals surface area contributed by atoms with Crippen LogP contribution in [0.4, 0.5) is 5.69 Å². The highest BCUT2D eigenvalue weighted by Gasteiger charge is 2.42. The molecule has 1 aromatic carbocycles. The van der Waals surface area contributed by atoms with Crippen LogP contribution in [0.5, 0.6) is 5.88 Å². The lowest BCUT2D eigenvalue weighted by Gasteiger charge is -2.37. The number of methoxy groups -OCH3 is 1. The fourth-order valence-corrected chi connectivity index (χ4v) is 4.50. The van der Waals surface area contributed by atoms with Gasteiger partial charge in [-0.15, -0.1) is 0 Å². The molecule has 1 saturated carbocycles. The molecule has 1 N–H and O–H groups in total. The van der Waals surface area contributed by atoms with Gasteiger partial charge in [0.1, 0.15) is 6.61 Å². The molecule has 0 radical (unpaired) electrons. The van der Waals surface area contributed by atoms with Crippen LogP contribution >= 0.6 is 23.2 Å². The van der Waals surface area contributed by atoms with Gasteiger partial charge >= 0.3 is 0 Å². The predicted octanol–water partition coefficient (Wildman–Crippen LogP) is 5.56. The first kappa shape index (κ1) is 21.9. The standard InChI is InChI=1S/C22H26Cl2N2O3/c1-15-12-17(14-25-20(15)29-11-10-28-2)26-21(27)22(8-4-3-5-9-22)18-7-6-16(23)13-19(18)24/h6-7,12-14H,3-5,8-11H2,1-2H3,(H,26,27). The number of rotatable bonds is 7. The summed E-state index contributed by atoms with van der Waals surface area (Å²) in [4.78, 5) is 17.8. The maximum absolute atomic E-state index is 13.5. The fourth-order valence-electron chi connectivity index (χ4n) is 3.91. The van der Waals surface area contributed by atoms with E-state index in [-0.39, 0.29) is 5.91 Å². The number of aromatic nitrogens is 1. The Balaban J connectivity index is 1.83. The molecule has 29 heavy (non-hydrogen) atoms. The van der Waals surface area contributed by atoms with Crippen LogP contribution in [0.25, 0.3) is 0 Å². The number of nitrogens with one attached hydrogen (secondary N) is 1. The maximum atomic E-state index is 13.5. The summed E-state index contributed by atoms with van der Waals surface area (Å²) in [7, 11) is 1.62. The fraction of sp³-hybridized carbons (Fsp3) is 0.455. The minimum atomic E-state index is -0.665. The Morgan fingerprint density at radius 3 is 2.59 bits per heavy atom. The number of carbonyl (C=O) groups is 1. The summed E-state index contributed by atoms with van der Waals surface area (Å²) in [5, 5.41) is 4.15. The number of pyridine rings is 1. The molecule has 1 aliphatic carbocycles. The van der Waals surface area contributed by atoms with E-state index >= 15 is 0 Å². The van der Waals surface area contributed by atoms with Gasteiger partial charge in [0.05, 0.1) is 23.9 Å². The molecule has 0 atom stereocenters. The van der Waals surface area contributed by atoms with Gasteiger partial charge in [-0.2, -0.15) is 0 Å². The molecule has 1 fully saturated rings. The van der Waals surface area contributed by atoms with Gasteiger partial charge in [-0.05, 0) is 43.5 Å². The van der Waals surface area contributed by atoms with E-state index in [4.69, 9.17) is 32.7 Å². The van der Waals surface area contributed by atoms with Crippen LogP contribution in [-0.2, 0) is 14.9 Å². The summed E-state index contributed by atoms with van der Waals surface area (Å²) >= 11 is 12.6. The third kappa shape index (κ3) is 5.03. The van der Waals surface area contributed by atoms with Crippen molar-refractivity contribution in [3.63, 3.8) is 0 Å². The summed E-state index contributed by atoms with van der Waals surface area (Å²) < 4.78 is 10.6. The minimum Gasteiger partial charge on any atom is -0.475 e. The molecule has 7 heteroatoms. The number of aryl methyl sites for hydroxylation is 1. The third-order valence-corrected chi connectivity index (χ3v) is 5.95. The van der Waals surface area contributed by atoms with Gasteiger partial charge in [0.2, 0.25) is 11.8 Å². The lowest BCUT2D eigenvalue weighted by atomic mass is 9.68. The highest BCUT2D eigenvalue weighted by molar-refractivity contribution is 6.35. The predicted molar refractivity (Wildman–Crippen MR) is 116 cm³/mol. The van der Waals surface area contributed by atoms with E-state index < -0.39 is 5.41 Å². The van der Waals surface area contributed by atoms with E-state index in [0.29, 0.717) is 34.8 Å². The molecule has 156 valence electrons. The zero-order chi connectivity index (χ0) is 20.9. The summed E-state index contributed by atoms with van der Waals surface area (Å²) in [5.41, 5.74) is 1.66. The second kappa shape index (κ2) is 9.79. The van der Waals surface area contributed by atoms with Crippen LogP contribution in [0.1, 0.15) is 43.2 Å². The molecule has 5 nitrogen and oxygen atoms in total. The monoisotopic (exact) mass is 436 g/mol. The Hall–Kier alpha value is -1.82. The first-order chi connectivity index (χ1) is 14.0. The van der Waals surface area contributed by atoms with Gasteiger partial charge < -0.3 is 14.8 Å². The van der Waals surface area contributed by atoms with Gasteiger partial charge in [-0.25, -0.2) is 4.98 Å². The molecule has 1 amide bonds. The summed E-state index contributed by atoms with van der Waals surface area (Å²) in [6.07, 6.45) is 6.21. The Kier molecular flexibility index (Phi) is 7.38. The molecule has 0 aliphatic heterocycles. The lowest BCUT2D eigenvalue weighted by molar-refractivity contribution is -0.122. The average molecular weight is 437 g/mol. The number of hydrogen-bond acceptors (Lipinski definition) is 4. The molecular weight excluding hydrogens is 411 g/mol. The van der Waals surface area contributed by atoms with Gasteiger partial charge in [0, 0.05) is 22.7 Å². The molecule has 1 heterocycles. The molecule has 0 saturated heterocycles. The smallest absolute Gasteiger partial charge is 0.235 e. The topological polar surface area (TPSA) is 60.5 Å². The summed E-state index contributed by atoms with van der Waals surface area (Å²) in [5.74, 6) is 0.476. The van der Waals surface area contributed by atoms with E-state index in [1.807, 2.05) is 19.1 Å². The van der Waals surface area contributed by atoms with Crippen LogP contribution in [0.3, 0.4) is 0 Å². The van der Waals surface area contributed by atoms with Crippen LogP contribution in [-0.4, -0.2) is 31.2 Å². The number of halogens is 2. The number of nitrogens with zero attached hydrogens (tertiary/aromatic N) is 1. The Morgan fingerprint density at radius 2 is 1.93 bits per heavy atom. The van der Waals surface area contributed by atoms with Crippen LogP contribution < -0.4 is 10.1 Å². The van der Waals surface area contributed by atoms with Gasteiger partial charge in [-0.1, -0.05) is 48.5 Å². The molecule has 0 spiro atoms. The van der Waals surface area contributed by atoms with Crippen molar-refractivity contribution in [2.24, 2.45) is 0 Å². The Bertz CT molecular complexity index is 867. The number of anilines is 1. The van der Waals surface area contributed by atoms with Crippen LogP contribution in [0.15, 0.2) is 30.5 Å². The first-order valence-corrected chi connectivity index (χ1v) is 10.6. The number of hydrogen-bond donors (Lipinski definition) is 1. The van der Waals surface area contributed by atoms with Crippen LogP contribution in [0, 0.1) is 6.92 Å². The van der Waals surface area contributed by atoms with Crippen molar-refractivity contribution in [1.82, 2.24) is 4.98 Å². The quantitative estimate of drug-likeness (QED) is 0.576. The lowest BCUT2D eigenvalue weighted by Crippen LogP contribution is -2.42. The number of ether oxygens (including phenoxy) is 2. The van der Waals surface area contributed by atoms with Crippen LogP contribution in [0.2, 0.25) is 10.0 Å². The highest BCUT2D eigenvalue weighted by Crippen LogP contribution is 2.44. The van der Waals surface area contributed by atoms with Gasteiger partial charge in [0.25, 0.3) is 0 Å². The largest absolute Gasteiger partial charge is 0.475 e. The van der Waals surface area contributed by atoms with Crippen molar-refractivity contribution in [3.8, 4) is 5.88 Å². The maximum Gasteiger partial charge on any atom is 0.235 e. The minimum absolute atomic E-state index is 0.0596. The van der Waals surface area contributed by atoms with E-state index in [0.717, 1.165) is 43.2 Å². The van der Waals surface area contributed by atoms with Gasteiger partial charge in [0.15, 0.2) is 0 Å². The highest BCUT2D eigenvalue weighted by atomic mass is 35.5. The molecule has 3 rings (SSSR count).